The number of rotatable bonds is 0. The molecule has 4 saturated carbocycles. The molecule has 0 heterocycles. The van der Waals surface area contributed by atoms with E-state index < -0.39 is 0 Å². The average Bonchev–Trinajstić information content (AvgIpc) is 2.67. The van der Waals surface area contributed by atoms with Gasteiger partial charge in [-0.3, -0.25) is 0 Å². The molecular formula is C15H26. The van der Waals surface area contributed by atoms with Gasteiger partial charge < -0.3 is 0 Å². The predicted octanol–water partition coefficient (Wildman–Crippen LogP) is 4.64. The van der Waals surface area contributed by atoms with E-state index in [-0.39, 0.29) is 0 Å². The maximum atomic E-state index is 2.51. The molecule has 0 N–H and O–H groups in total. The third-order valence-electron chi connectivity index (χ3n) is 6.30. The van der Waals surface area contributed by atoms with Crippen LogP contribution in [-0.2, 0) is 0 Å². The van der Waals surface area contributed by atoms with Gasteiger partial charge in [0.1, 0.15) is 0 Å². The molecule has 4 fully saturated rings. The summed E-state index contributed by atoms with van der Waals surface area (Å²) in [5.74, 6) is 3.36. The Kier molecular flexibility index (Phi) is 2.05. The number of hydrogen-bond donors (Lipinski definition) is 0. The van der Waals surface area contributed by atoms with Crippen molar-refractivity contribution in [1.29, 1.82) is 0 Å². The molecule has 15 heavy (non-hydrogen) atoms. The molecule has 0 amide bonds. The van der Waals surface area contributed by atoms with Crippen LogP contribution >= 0.6 is 0 Å². The number of fused-ring (bicyclic) bond motifs is 2. The van der Waals surface area contributed by atoms with Gasteiger partial charge in [-0.15, -0.1) is 0 Å². The van der Waals surface area contributed by atoms with Crippen LogP contribution in [0.5, 0.6) is 0 Å². The maximum absolute atomic E-state index is 2.51. The summed E-state index contributed by atoms with van der Waals surface area (Å²) in [6.07, 6.45) is 10.8. The third-order valence-corrected chi connectivity index (χ3v) is 6.30. The standard InChI is InChI=1S/C15H26/c1-14(2,3)15-9-7-11(8-10-15)12-5-4-6-13(12)15/h11-13H,4-10H2,1-3H3. The first kappa shape index (κ1) is 10.2. The third kappa shape index (κ3) is 1.20. The molecule has 0 saturated heterocycles. The molecule has 0 nitrogen and oxygen atoms in total. The van der Waals surface area contributed by atoms with E-state index in [0.29, 0.717) is 5.41 Å². The Bertz CT molecular complexity index is 250. The lowest BCUT2D eigenvalue weighted by Gasteiger charge is -2.61. The highest BCUT2D eigenvalue weighted by molar-refractivity contribution is 5.08. The second-order valence-corrected chi connectivity index (χ2v) is 7.44. The highest BCUT2D eigenvalue weighted by Crippen LogP contribution is 2.67. The van der Waals surface area contributed by atoms with Crippen LogP contribution in [0.4, 0.5) is 0 Å². The molecule has 0 aromatic carbocycles. The summed E-state index contributed by atoms with van der Waals surface area (Å²) in [4.78, 5) is 0. The zero-order chi connectivity index (χ0) is 10.7. The lowest BCUT2D eigenvalue weighted by atomic mass is 9.44. The smallest absolute Gasteiger partial charge is 0.0218 e. The van der Waals surface area contributed by atoms with Crippen molar-refractivity contribution in [3.63, 3.8) is 0 Å². The van der Waals surface area contributed by atoms with Crippen LogP contribution in [-0.4, -0.2) is 0 Å². The van der Waals surface area contributed by atoms with E-state index in [1.807, 2.05) is 0 Å². The lowest BCUT2D eigenvalue weighted by Crippen LogP contribution is -2.52. The highest BCUT2D eigenvalue weighted by atomic mass is 14.6. The minimum atomic E-state index is 0.547. The second kappa shape index (κ2) is 3.02. The Morgan fingerprint density at radius 3 is 2.20 bits per heavy atom. The average molecular weight is 206 g/mol. The highest BCUT2D eigenvalue weighted by Gasteiger charge is 2.58. The van der Waals surface area contributed by atoms with Crippen molar-refractivity contribution in [3.05, 3.63) is 0 Å². The quantitative estimate of drug-likeness (QED) is 0.541. The Balaban J connectivity index is 1.99. The van der Waals surface area contributed by atoms with Gasteiger partial charge in [0.05, 0.1) is 0 Å². The summed E-state index contributed by atoms with van der Waals surface area (Å²) in [6.45, 7) is 7.52. The van der Waals surface area contributed by atoms with Gasteiger partial charge in [0, 0.05) is 0 Å². The summed E-state index contributed by atoms with van der Waals surface area (Å²) < 4.78 is 0. The fourth-order valence-corrected chi connectivity index (χ4v) is 5.50. The SMILES string of the molecule is CC(C)(C)C12CCC(CC1)C1CCCC12. The van der Waals surface area contributed by atoms with E-state index in [9.17, 15) is 0 Å². The van der Waals surface area contributed by atoms with Gasteiger partial charge in [-0.05, 0) is 67.1 Å². The summed E-state index contributed by atoms with van der Waals surface area (Å²) in [5, 5.41) is 0. The number of hydrogen-bond acceptors (Lipinski definition) is 0. The summed E-state index contributed by atoms with van der Waals surface area (Å²) in [6, 6.07) is 0. The van der Waals surface area contributed by atoms with Crippen LogP contribution in [0.3, 0.4) is 0 Å². The van der Waals surface area contributed by atoms with Crippen LogP contribution < -0.4 is 0 Å². The van der Waals surface area contributed by atoms with Gasteiger partial charge in [0.15, 0.2) is 0 Å². The molecule has 0 aromatic rings. The van der Waals surface area contributed by atoms with Crippen LogP contribution in [0, 0.1) is 28.6 Å². The summed E-state index contributed by atoms with van der Waals surface area (Å²) >= 11 is 0. The minimum absolute atomic E-state index is 0.547. The van der Waals surface area contributed by atoms with Crippen molar-refractivity contribution in [2.24, 2.45) is 28.6 Å². The molecule has 2 bridgehead atoms. The van der Waals surface area contributed by atoms with E-state index in [1.54, 1.807) is 38.5 Å². The lowest BCUT2D eigenvalue weighted by molar-refractivity contribution is -0.113. The van der Waals surface area contributed by atoms with Crippen molar-refractivity contribution < 1.29 is 0 Å². The normalized spacial score (nSPS) is 49.4. The Hall–Kier alpha value is 0. The molecule has 0 aromatic heterocycles. The monoisotopic (exact) mass is 206 g/mol. The zero-order valence-electron chi connectivity index (χ0n) is 10.7. The Morgan fingerprint density at radius 1 is 0.933 bits per heavy atom. The second-order valence-electron chi connectivity index (χ2n) is 7.44. The van der Waals surface area contributed by atoms with E-state index >= 15 is 0 Å². The van der Waals surface area contributed by atoms with Crippen molar-refractivity contribution in [2.75, 3.05) is 0 Å². The molecule has 2 unspecified atom stereocenters. The molecule has 0 heteroatoms. The van der Waals surface area contributed by atoms with E-state index in [4.69, 9.17) is 0 Å². The molecule has 4 aliphatic carbocycles. The van der Waals surface area contributed by atoms with E-state index in [0.717, 1.165) is 23.2 Å². The fourth-order valence-electron chi connectivity index (χ4n) is 5.50. The van der Waals surface area contributed by atoms with Crippen LogP contribution in [0.1, 0.15) is 65.7 Å². The van der Waals surface area contributed by atoms with Crippen molar-refractivity contribution in [1.82, 2.24) is 0 Å². The first-order chi connectivity index (χ1) is 7.05. The van der Waals surface area contributed by atoms with Gasteiger partial charge in [0.2, 0.25) is 0 Å². The van der Waals surface area contributed by atoms with Gasteiger partial charge in [-0.1, -0.05) is 27.2 Å². The first-order valence-corrected chi connectivity index (χ1v) is 7.05. The van der Waals surface area contributed by atoms with Crippen LogP contribution in [0.15, 0.2) is 0 Å². The maximum Gasteiger partial charge on any atom is -0.0218 e. The fraction of sp³-hybridized carbons (Fsp3) is 1.00. The molecule has 0 aliphatic heterocycles. The Morgan fingerprint density at radius 2 is 1.60 bits per heavy atom. The predicted molar refractivity (Wildman–Crippen MR) is 64.7 cm³/mol. The molecule has 2 atom stereocenters. The molecule has 86 valence electrons. The largest absolute Gasteiger partial charge is 0.0596 e. The van der Waals surface area contributed by atoms with Crippen LogP contribution in [0.2, 0.25) is 0 Å². The van der Waals surface area contributed by atoms with Gasteiger partial charge in [-0.2, -0.15) is 0 Å². The minimum Gasteiger partial charge on any atom is -0.0596 e. The van der Waals surface area contributed by atoms with Gasteiger partial charge >= 0.3 is 0 Å². The molecular weight excluding hydrogens is 180 g/mol. The van der Waals surface area contributed by atoms with Crippen LogP contribution in [0.25, 0.3) is 0 Å². The first-order valence-electron chi connectivity index (χ1n) is 7.05. The van der Waals surface area contributed by atoms with E-state index in [2.05, 4.69) is 20.8 Å². The van der Waals surface area contributed by atoms with Crippen molar-refractivity contribution in [2.45, 2.75) is 65.7 Å². The zero-order valence-corrected chi connectivity index (χ0v) is 10.7. The molecule has 4 aliphatic rings. The molecule has 0 spiro atoms. The summed E-state index contributed by atoms with van der Waals surface area (Å²) in [5.41, 5.74) is 1.27. The Labute approximate surface area is 94.8 Å². The van der Waals surface area contributed by atoms with Gasteiger partial charge in [-0.25, -0.2) is 0 Å². The summed E-state index contributed by atoms with van der Waals surface area (Å²) in [7, 11) is 0. The molecule has 4 rings (SSSR count). The van der Waals surface area contributed by atoms with Gasteiger partial charge in [0.25, 0.3) is 0 Å². The molecule has 0 radical (unpaired) electrons. The van der Waals surface area contributed by atoms with E-state index in [1.165, 1.54) is 6.42 Å². The topological polar surface area (TPSA) is 0 Å². The van der Waals surface area contributed by atoms with Crippen molar-refractivity contribution >= 4 is 0 Å². The van der Waals surface area contributed by atoms with Crippen molar-refractivity contribution in [3.8, 4) is 0 Å².